The molecule has 0 saturated heterocycles. The highest BCUT2D eigenvalue weighted by molar-refractivity contribution is 5.81. The van der Waals surface area contributed by atoms with Gasteiger partial charge in [-0.1, -0.05) is 36.4 Å². The van der Waals surface area contributed by atoms with Crippen LogP contribution in [0.5, 0.6) is 0 Å². The van der Waals surface area contributed by atoms with Crippen LogP contribution in [0, 0.1) is 0 Å². The number of nitrogens with two attached hydrogens (primary N) is 1. The van der Waals surface area contributed by atoms with Gasteiger partial charge in [-0.3, -0.25) is 0 Å². The molecule has 0 spiro atoms. The zero-order valence-electron chi connectivity index (χ0n) is 7.53. The lowest BCUT2D eigenvalue weighted by Crippen LogP contribution is -1.93. The summed E-state index contributed by atoms with van der Waals surface area (Å²) in [5.74, 6) is 0. The Morgan fingerprint density at radius 1 is 1.15 bits per heavy atom. The first-order chi connectivity index (χ1) is 6.38. The standard InChI is InChI=1S/C12H13N.H2/c13-12-9-5-4-8-11(12)10-6-2-1-3-7-10;/h2,4-9H,1,3,13H2;1H. The molecule has 0 heterocycles. The Morgan fingerprint density at radius 3 is 2.69 bits per heavy atom. The number of benzene rings is 1. The van der Waals surface area contributed by atoms with Gasteiger partial charge in [0.15, 0.2) is 0 Å². The topological polar surface area (TPSA) is 26.0 Å². The predicted octanol–water partition coefficient (Wildman–Crippen LogP) is 3.25. The number of para-hydroxylation sites is 1. The molecule has 13 heavy (non-hydrogen) atoms. The van der Waals surface area contributed by atoms with Crippen molar-refractivity contribution in [1.29, 1.82) is 0 Å². The number of nitrogen functional groups attached to an aromatic ring is 1. The van der Waals surface area contributed by atoms with E-state index in [1.54, 1.807) is 0 Å². The van der Waals surface area contributed by atoms with Crippen LogP contribution in [-0.2, 0) is 0 Å². The van der Waals surface area contributed by atoms with E-state index in [1.165, 1.54) is 5.57 Å². The summed E-state index contributed by atoms with van der Waals surface area (Å²) in [6.45, 7) is 0. The van der Waals surface area contributed by atoms with Crippen LogP contribution in [0.25, 0.3) is 5.57 Å². The average Bonchev–Trinajstić information content (AvgIpc) is 2.20. The van der Waals surface area contributed by atoms with E-state index >= 15 is 0 Å². The SMILES string of the molecule is Nc1ccccc1C1=CCCC=C1.[HH]. The molecule has 1 aromatic rings. The molecule has 0 saturated carbocycles. The number of hydrogen-bond acceptors (Lipinski definition) is 1. The van der Waals surface area contributed by atoms with Gasteiger partial charge in [0.1, 0.15) is 0 Å². The monoisotopic (exact) mass is 173 g/mol. The van der Waals surface area contributed by atoms with Crippen molar-refractivity contribution in [3.05, 3.63) is 48.1 Å². The Kier molecular flexibility index (Phi) is 2.17. The van der Waals surface area contributed by atoms with Gasteiger partial charge in [-0.2, -0.15) is 0 Å². The summed E-state index contributed by atoms with van der Waals surface area (Å²) in [4.78, 5) is 0. The van der Waals surface area contributed by atoms with E-state index in [0.717, 1.165) is 24.1 Å². The van der Waals surface area contributed by atoms with E-state index in [2.05, 4.69) is 24.3 Å². The Hall–Kier alpha value is -1.50. The average molecular weight is 173 g/mol. The summed E-state index contributed by atoms with van der Waals surface area (Å²) in [6.07, 6.45) is 8.86. The van der Waals surface area contributed by atoms with Gasteiger partial charge >= 0.3 is 0 Å². The lowest BCUT2D eigenvalue weighted by atomic mass is 9.98. The molecule has 0 atom stereocenters. The fourth-order valence-corrected chi connectivity index (χ4v) is 1.57. The van der Waals surface area contributed by atoms with Crippen molar-refractivity contribution in [2.75, 3.05) is 5.73 Å². The van der Waals surface area contributed by atoms with Crippen LogP contribution >= 0.6 is 0 Å². The molecule has 68 valence electrons. The molecule has 0 aliphatic heterocycles. The molecule has 2 rings (SSSR count). The van der Waals surface area contributed by atoms with E-state index in [0.29, 0.717) is 0 Å². The number of allylic oxidation sites excluding steroid dienone is 4. The van der Waals surface area contributed by atoms with Gasteiger partial charge in [0.25, 0.3) is 0 Å². The van der Waals surface area contributed by atoms with Crippen molar-refractivity contribution < 1.29 is 1.43 Å². The Morgan fingerprint density at radius 2 is 2.00 bits per heavy atom. The van der Waals surface area contributed by atoms with Gasteiger partial charge in [-0.15, -0.1) is 0 Å². The second-order valence-electron chi connectivity index (χ2n) is 3.23. The van der Waals surface area contributed by atoms with Crippen LogP contribution in [0.15, 0.2) is 42.5 Å². The molecule has 1 nitrogen and oxygen atoms in total. The normalized spacial score (nSPS) is 15.5. The quantitative estimate of drug-likeness (QED) is 0.648. The van der Waals surface area contributed by atoms with E-state index in [-0.39, 0.29) is 1.43 Å². The minimum atomic E-state index is 0. The van der Waals surface area contributed by atoms with Gasteiger partial charge in [0.2, 0.25) is 0 Å². The molecule has 1 aliphatic rings. The maximum Gasteiger partial charge on any atom is 0.0393 e. The fraction of sp³-hybridized carbons (Fsp3) is 0.167. The first-order valence-electron chi connectivity index (χ1n) is 4.59. The maximum absolute atomic E-state index is 5.88. The van der Waals surface area contributed by atoms with Crippen molar-refractivity contribution in [3.63, 3.8) is 0 Å². The molecule has 1 heteroatoms. The zero-order chi connectivity index (χ0) is 9.10. The molecule has 0 amide bonds. The van der Waals surface area contributed by atoms with Gasteiger partial charge in [-0.25, -0.2) is 0 Å². The van der Waals surface area contributed by atoms with Crippen LogP contribution in [0.2, 0.25) is 0 Å². The van der Waals surface area contributed by atoms with E-state index < -0.39 is 0 Å². The Labute approximate surface area is 80.1 Å². The molecule has 0 unspecified atom stereocenters. The van der Waals surface area contributed by atoms with Crippen molar-refractivity contribution >= 4 is 11.3 Å². The molecular weight excluding hydrogens is 158 g/mol. The summed E-state index contributed by atoms with van der Waals surface area (Å²) < 4.78 is 0. The largest absolute Gasteiger partial charge is 0.398 e. The molecule has 2 N–H and O–H groups in total. The Bertz CT molecular complexity index is 366. The molecule has 0 fully saturated rings. The predicted molar refractivity (Wildman–Crippen MR) is 59.3 cm³/mol. The van der Waals surface area contributed by atoms with Crippen LogP contribution in [0.3, 0.4) is 0 Å². The Balaban J connectivity index is 0.000000980. The van der Waals surface area contributed by atoms with E-state index in [4.69, 9.17) is 5.73 Å². The van der Waals surface area contributed by atoms with Crippen LogP contribution in [0.4, 0.5) is 5.69 Å². The third kappa shape index (κ3) is 1.64. The van der Waals surface area contributed by atoms with Crippen molar-refractivity contribution in [3.8, 4) is 0 Å². The molecule has 0 radical (unpaired) electrons. The summed E-state index contributed by atoms with van der Waals surface area (Å²) in [5, 5.41) is 0. The first kappa shape index (κ1) is 8.11. The fourth-order valence-electron chi connectivity index (χ4n) is 1.57. The smallest absolute Gasteiger partial charge is 0.0393 e. The molecule has 0 aromatic heterocycles. The van der Waals surface area contributed by atoms with Gasteiger partial charge in [0, 0.05) is 12.7 Å². The van der Waals surface area contributed by atoms with Gasteiger partial charge in [0.05, 0.1) is 0 Å². The lowest BCUT2D eigenvalue weighted by Gasteiger charge is -2.09. The molecule has 1 aromatic carbocycles. The number of anilines is 1. The van der Waals surface area contributed by atoms with E-state index in [1.807, 2.05) is 18.2 Å². The minimum Gasteiger partial charge on any atom is -0.398 e. The van der Waals surface area contributed by atoms with Crippen LogP contribution in [0.1, 0.15) is 19.8 Å². The third-order valence-corrected chi connectivity index (χ3v) is 2.27. The van der Waals surface area contributed by atoms with E-state index in [9.17, 15) is 0 Å². The van der Waals surface area contributed by atoms with Crippen LogP contribution < -0.4 is 5.73 Å². The zero-order valence-corrected chi connectivity index (χ0v) is 7.53. The maximum atomic E-state index is 5.88. The summed E-state index contributed by atoms with van der Waals surface area (Å²) in [7, 11) is 0. The van der Waals surface area contributed by atoms with Gasteiger partial charge in [-0.05, 0) is 24.5 Å². The molecule has 1 aliphatic carbocycles. The highest BCUT2D eigenvalue weighted by atomic mass is 14.6. The van der Waals surface area contributed by atoms with Gasteiger partial charge < -0.3 is 5.73 Å². The highest BCUT2D eigenvalue weighted by Gasteiger charge is 2.03. The van der Waals surface area contributed by atoms with Crippen molar-refractivity contribution in [2.45, 2.75) is 12.8 Å². The minimum absolute atomic E-state index is 0. The lowest BCUT2D eigenvalue weighted by molar-refractivity contribution is 1.04. The van der Waals surface area contributed by atoms with Crippen LogP contribution in [-0.4, -0.2) is 0 Å². The van der Waals surface area contributed by atoms with Crippen molar-refractivity contribution in [2.24, 2.45) is 0 Å². The summed E-state index contributed by atoms with van der Waals surface area (Å²) >= 11 is 0. The van der Waals surface area contributed by atoms with Crippen molar-refractivity contribution in [1.82, 2.24) is 0 Å². The third-order valence-electron chi connectivity index (χ3n) is 2.27. The molecule has 0 bridgehead atoms. The summed E-state index contributed by atoms with van der Waals surface area (Å²) in [5.41, 5.74) is 9.14. The second kappa shape index (κ2) is 3.48. The molecular formula is C12H15N. The number of hydrogen-bond donors (Lipinski definition) is 1. The second-order valence-corrected chi connectivity index (χ2v) is 3.23. The summed E-state index contributed by atoms with van der Waals surface area (Å²) in [6, 6.07) is 8.00. The first-order valence-corrected chi connectivity index (χ1v) is 4.59. The highest BCUT2D eigenvalue weighted by Crippen LogP contribution is 2.25. The number of rotatable bonds is 1.